The third-order valence-electron chi connectivity index (χ3n) is 6.69. The lowest BCUT2D eigenvalue weighted by molar-refractivity contribution is -0.570. The van der Waals surface area contributed by atoms with Crippen LogP contribution < -0.4 is 5.32 Å². The van der Waals surface area contributed by atoms with E-state index < -0.39 is 16.9 Å². The summed E-state index contributed by atoms with van der Waals surface area (Å²) in [6, 6.07) is 24.3. The number of hydrogen-bond acceptors (Lipinski definition) is 5. The van der Waals surface area contributed by atoms with Crippen molar-refractivity contribution in [3.63, 3.8) is 0 Å². The number of amides is 1. The Morgan fingerprint density at radius 3 is 2.17 bits per heavy atom. The van der Waals surface area contributed by atoms with Gasteiger partial charge in [0.1, 0.15) is 0 Å². The largest absolute Gasteiger partial charge is 0.293 e. The highest BCUT2D eigenvalue weighted by Crippen LogP contribution is 2.48. The number of H-pyrrole nitrogens is 1. The minimum Gasteiger partial charge on any atom is -0.293 e. The van der Waals surface area contributed by atoms with Crippen LogP contribution in [-0.4, -0.2) is 26.0 Å². The molecule has 2 N–H and O–H groups in total. The number of anilines is 1. The van der Waals surface area contributed by atoms with Crippen molar-refractivity contribution in [1.82, 2.24) is 15.2 Å². The maximum Gasteiger partial charge on any atom is 0.273 e. The molecule has 8 nitrogen and oxygen atoms in total. The molecular weight excluding hydrogens is 442 g/mol. The van der Waals surface area contributed by atoms with Crippen LogP contribution in [0.3, 0.4) is 0 Å². The Morgan fingerprint density at radius 1 is 1.00 bits per heavy atom. The molecule has 1 amide bonds. The van der Waals surface area contributed by atoms with Crippen molar-refractivity contribution in [1.29, 1.82) is 0 Å². The maximum absolute atomic E-state index is 13.4. The van der Waals surface area contributed by atoms with Crippen LogP contribution in [0.5, 0.6) is 0 Å². The molecule has 3 aromatic carbocycles. The van der Waals surface area contributed by atoms with E-state index in [1.807, 2.05) is 78.9 Å². The molecule has 0 bridgehead atoms. The van der Waals surface area contributed by atoms with Crippen LogP contribution in [0.25, 0.3) is 11.4 Å². The molecule has 5 rings (SSSR count). The summed E-state index contributed by atoms with van der Waals surface area (Å²) in [5.41, 5.74) is 1.24. The molecular formula is C27H25N5O3. The van der Waals surface area contributed by atoms with Crippen LogP contribution in [0.1, 0.15) is 42.5 Å². The standard InChI is InChI=1S/C27H25N5O3/c1-26(2,24(33)29-25-28-23(30-31-25)18-10-4-3-5-11-18)17-27(32(34)35)21-14-8-6-12-19(21)16-20-13-7-9-15-22(20)27/h3-15H,16-17H2,1-2H3,(H2,28,29,30,31,33). The van der Waals surface area contributed by atoms with E-state index >= 15 is 0 Å². The number of aromatic nitrogens is 3. The molecule has 0 radical (unpaired) electrons. The molecule has 1 heterocycles. The van der Waals surface area contributed by atoms with Crippen LogP contribution in [-0.2, 0) is 16.8 Å². The van der Waals surface area contributed by atoms with Crippen LogP contribution in [0.15, 0.2) is 78.9 Å². The average Bonchev–Trinajstić information content (AvgIpc) is 3.32. The van der Waals surface area contributed by atoms with Crippen molar-refractivity contribution in [2.45, 2.75) is 32.2 Å². The van der Waals surface area contributed by atoms with E-state index in [1.165, 1.54) is 0 Å². The van der Waals surface area contributed by atoms with Crippen molar-refractivity contribution < 1.29 is 9.72 Å². The van der Waals surface area contributed by atoms with E-state index in [0.29, 0.717) is 23.4 Å². The number of nitro groups is 1. The SMILES string of the molecule is CC(C)(CC1([N+](=O)[O-])c2ccccc2Cc2ccccc21)C(=O)Nc1n[nH]c(-c2ccccc2)n1. The third-order valence-corrected chi connectivity index (χ3v) is 6.69. The quantitative estimate of drug-likeness (QED) is 0.308. The molecule has 0 aliphatic heterocycles. The summed E-state index contributed by atoms with van der Waals surface area (Å²) in [6.45, 7) is 3.44. The lowest BCUT2D eigenvalue weighted by atomic mass is 9.65. The molecule has 0 atom stereocenters. The van der Waals surface area contributed by atoms with Gasteiger partial charge in [-0.15, -0.1) is 5.10 Å². The Balaban J connectivity index is 1.49. The summed E-state index contributed by atoms with van der Waals surface area (Å²) in [7, 11) is 0. The lowest BCUT2D eigenvalue weighted by Gasteiger charge is -2.37. The molecule has 35 heavy (non-hydrogen) atoms. The van der Waals surface area contributed by atoms with Gasteiger partial charge in [-0.3, -0.25) is 25.3 Å². The zero-order valence-electron chi connectivity index (χ0n) is 19.5. The van der Waals surface area contributed by atoms with Crippen molar-refractivity contribution in [3.8, 4) is 11.4 Å². The first kappa shape index (κ1) is 22.5. The Hall–Kier alpha value is -4.33. The van der Waals surface area contributed by atoms with E-state index in [-0.39, 0.29) is 17.3 Å². The molecule has 1 aliphatic carbocycles. The second-order valence-electron chi connectivity index (χ2n) is 9.50. The number of aromatic amines is 1. The van der Waals surface area contributed by atoms with Gasteiger partial charge in [0.05, 0.1) is 5.41 Å². The van der Waals surface area contributed by atoms with Crippen LogP contribution in [0.2, 0.25) is 0 Å². The number of hydrogen-bond donors (Lipinski definition) is 2. The predicted molar refractivity (Wildman–Crippen MR) is 132 cm³/mol. The number of rotatable bonds is 6. The van der Waals surface area contributed by atoms with Crippen LogP contribution >= 0.6 is 0 Å². The molecule has 4 aromatic rings. The number of fused-ring (bicyclic) bond motifs is 2. The molecule has 0 unspecified atom stereocenters. The van der Waals surface area contributed by atoms with E-state index in [2.05, 4.69) is 20.5 Å². The van der Waals surface area contributed by atoms with E-state index in [1.54, 1.807) is 13.8 Å². The molecule has 1 aliphatic rings. The number of benzene rings is 3. The Morgan fingerprint density at radius 2 is 1.57 bits per heavy atom. The molecule has 8 heteroatoms. The van der Waals surface area contributed by atoms with Gasteiger partial charge in [-0.05, 0) is 17.5 Å². The fourth-order valence-corrected chi connectivity index (χ4v) is 4.99. The predicted octanol–water partition coefficient (Wildman–Crippen LogP) is 4.95. The fourth-order valence-electron chi connectivity index (χ4n) is 4.99. The number of nitrogens with zero attached hydrogens (tertiary/aromatic N) is 3. The van der Waals surface area contributed by atoms with Crippen molar-refractivity contribution >= 4 is 11.9 Å². The highest BCUT2D eigenvalue weighted by Gasteiger charge is 2.55. The minimum absolute atomic E-state index is 0.0250. The van der Waals surface area contributed by atoms with Crippen molar-refractivity contribution in [3.05, 3.63) is 111 Å². The van der Waals surface area contributed by atoms with Gasteiger partial charge in [-0.2, -0.15) is 4.98 Å². The lowest BCUT2D eigenvalue weighted by Crippen LogP contribution is -2.47. The molecule has 0 spiro atoms. The molecule has 0 saturated carbocycles. The third kappa shape index (κ3) is 3.86. The van der Waals surface area contributed by atoms with Crippen molar-refractivity contribution in [2.24, 2.45) is 5.41 Å². The topological polar surface area (TPSA) is 114 Å². The van der Waals surface area contributed by atoms with Gasteiger partial charge in [0.25, 0.3) is 5.54 Å². The van der Waals surface area contributed by atoms with Gasteiger partial charge in [0.15, 0.2) is 5.82 Å². The first-order valence-corrected chi connectivity index (χ1v) is 11.4. The monoisotopic (exact) mass is 467 g/mol. The van der Waals surface area contributed by atoms with Gasteiger partial charge >= 0.3 is 0 Å². The summed E-state index contributed by atoms with van der Waals surface area (Å²) in [6.07, 6.45) is 0.594. The normalized spacial score (nSPS) is 14.0. The van der Waals surface area contributed by atoms with Crippen LogP contribution in [0, 0.1) is 15.5 Å². The molecule has 0 saturated heterocycles. The zero-order chi connectivity index (χ0) is 24.6. The Labute approximate surface area is 202 Å². The first-order chi connectivity index (χ1) is 16.8. The second-order valence-corrected chi connectivity index (χ2v) is 9.50. The average molecular weight is 468 g/mol. The van der Waals surface area contributed by atoms with E-state index in [0.717, 1.165) is 16.7 Å². The van der Waals surface area contributed by atoms with Gasteiger partial charge in [0.2, 0.25) is 11.9 Å². The molecule has 1 aromatic heterocycles. The van der Waals surface area contributed by atoms with Gasteiger partial charge in [-0.1, -0.05) is 92.7 Å². The van der Waals surface area contributed by atoms with E-state index in [9.17, 15) is 14.9 Å². The summed E-state index contributed by atoms with van der Waals surface area (Å²) in [5.74, 6) is 0.259. The first-order valence-electron chi connectivity index (χ1n) is 11.4. The molecule has 176 valence electrons. The van der Waals surface area contributed by atoms with E-state index in [4.69, 9.17) is 0 Å². The fraction of sp³-hybridized carbons (Fsp3) is 0.222. The minimum atomic E-state index is -1.56. The van der Waals surface area contributed by atoms with Gasteiger partial charge in [0, 0.05) is 28.0 Å². The van der Waals surface area contributed by atoms with Gasteiger partial charge in [-0.25, -0.2) is 0 Å². The summed E-state index contributed by atoms with van der Waals surface area (Å²) >= 11 is 0. The van der Waals surface area contributed by atoms with Crippen LogP contribution in [0.4, 0.5) is 5.95 Å². The highest BCUT2D eigenvalue weighted by molar-refractivity contribution is 5.93. The smallest absolute Gasteiger partial charge is 0.273 e. The Bertz CT molecular complexity index is 1370. The zero-order valence-corrected chi connectivity index (χ0v) is 19.5. The number of nitrogens with one attached hydrogen (secondary N) is 2. The Kier molecular flexibility index (Phi) is 5.43. The van der Waals surface area contributed by atoms with Crippen molar-refractivity contribution in [2.75, 3.05) is 5.32 Å². The summed E-state index contributed by atoms with van der Waals surface area (Å²) in [4.78, 5) is 30.4. The highest BCUT2D eigenvalue weighted by atomic mass is 16.6. The second kappa shape index (κ2) is 8.47. The number of carbonyl (C=O) groups excluding carboxylic acids is 1. The summed E-state index contributed by atoms with van der Waals surface area (Å²) < 4.78 is 0. The molecule has 0 fully saturated rings. The number of carbonyl (C=O) groups is 1. The summed E-state index contributed by atoms with van der Waals surface area (Å²) in [5, 5.41) is 22.6. The van der Waals surface area contributed by atoms with Gasteiger partial charge < -0.3 is 0 Å². The maximum atomic E-state index is 13.4.